The molecule has 126 valence electrons. The summed E-state index contributed by atoms with van der Waals surface area (Å²) in [5.41, 5.74) is 2.05. The van der Waals surface area contributed by atoms with Crippen molar-refractivity contribution in [2.45, 2.75) is 13.5 Å². The molecule has 1 amide bonds. The van der Waals surface area contributed by atoms with Crippen LogP contribution in [0.15, 0.2) is 42.5 Å². The fourth-order valence-corrected chi connectivity index (χ4v) is 2.75. The largest absolute Gasteiger partial charge is 0.326 e. The molecule has 2 aromatic rings. The quantitative estimate of drug-likeness (QED) is 0.773. The van der Waals surface area contributed by atoms with Gasteiger partial charge in [-0.05, 0) is 31.2 Å². The minimum atomic E-state index is -0.152. The summed E-state index contributed by atoms with van der Waals surface area (Å²) in [6.45, 7) is 2.39. The second-order valence-corrected chi connectivity index (χ2v) is 6.52. The summed E-state index contributed by atoms with van der Waals surface area (Å²) < 4.78 is 0. The number of rotatable bonds is 6. The van der Waals surface area contributed by atoms with E-state index in [1.165, 1.54) is 6.92 Å². The minimum absolute atomic E-state index is 0.0811. The van der Waals surface area contributed by atoms with Gasteiger partial charge >= 0.3 is 0 Å². The van der Waals surface area contributed by atoms with E-state index in [4.69, 9.17) is 23.2 Å². The zero-order chi connectivity index (χ0) is 17.7. The van der Waals surface area contributed by atoms with Gasteiger partial charge in [0.05, 0.1) is 22.8 Å². The summed E-state index contributed by atoms with van der Waals surface area (Å²) in [5.74, 6) is -0.233. The summed E-state index contributed by atoms with van der Waals surface area (Å²) in [4.78, 5) is 24.8. The Morgan fingerprint density at radius 3 is 2.46 bits per heavy atom. The Morgan fingerprint density at radius 1 is 1.08 bits per heavy atom. The van der Waals surface area contributed by atoms with Gasteiger partial charge < -0.3 is 10.2 Å². The molecule has 0 fully saturated rings. The number of amides is 1. The number of nitrogens with one attached hydrogen (secondary N) is 2. The van der Waals surface area contributed by atoms with Crippen LogP contribution in [0.4, 0.5) is 5.69 Å². The smallest absolute Gasteiger partial charge is 0.279 e. The monoisotopic (exact) mass is 365 g/mol. The second kappa shape index (κ2) is 8.29. The standard InChI is InChI=1S/C18H18Cl2N2O2/c1-12(23)14-5-3-4-6-17(14)21-18(24)11-22(2)10-13-7-8-15(19)16(20)9-13/h3-9H,10-11H2,1-2H3,(H,21,24)/p+1. The predicted octanol–water partition coefficient (Wildman–Crippen LogP) is 2.85. The molecule has 2 rings (SSSR count). The van der Waals surface area contributed by atoms with Crippen LogP contribution in [0.2, 0.25) is 10.0 Å². The first-order valence-corrected chi connectivity index (χ1v) is 8.27. The predicted molar refractivity (Wildman–Crippen MR) is 97.0 cm³/mol. The van der Waals surface area contributed by atoms with Crippen LogP contribution in [0, 0.1) is 0 Å². The topological polar surface area (TPSA) is 50.6 Å². The van der Waals surface area contributed by atoms with Crippen LogP contribution in [0.1, 0.15) is 22.8 Å². The lowest BCUT2D eigenvalue weighted by Gasteiger charge is -2.15. The van der Waals surface area contributed by atoms with E-state index in [0.29, 0.717) is 27.8 Å². The van der Waals surface area contributed by atoms with E-state index >= 15 is 0 Å². The zero-order valence-electron chi connectivity index (χ0n) is 13.5. The number of quaternary nitrogens is 1. The maximum absolute atomic E-state index is 12.2. The summed E-state index contributed by atoms with van der Waals surface area (Å²) in [7, 11) is 1.92. The Labute approximate surface area is 151 Å². The van der Waals surface area contributed by atoms with Gasteiger partial charge in [0.25, 0.3) is 5.91 Å². The van der Waals surface area contributed by atoms with Crippen molar-refractivity contribution in [1.29, 1.82) is 0 Å². The number of anilines is 1. The number of para-hydroxylation sites is 1. The fourth-order valence-electron chi connectivity index (χ4n) is 2.43. The fraction of sp³-hybridized carbons (Fsp3) is 0.222. The third-order valence-corrected chi connectivity index (χ3v) is 4.27. The number of Topliss-reactive ketones (excluding diaryl/α,β-unsaturated/α-hetero) is 1. The SMILES string of the molecule is CC(=O)c1ccccc1NC(=O)C[NH+](C)Cc1ccc(Cl)c(Cl)c1. The number of halogens is 2. The van der Waals surface area contributed by atoms with Crippen molar-refractivity contribution < 1.29 is 14.5 Å². The minimum Gasteiger partial charge on any atom is -0.326 e. The van der Waals surface area contributed by atoms with E-state index in [-0.39, 0.29) is 18.2 Å². The average Bonchev–Trinajstić information content (AvgIpc) is 2.51. The van der Waals surface area contributed by atoms with Crippen molar-refractivity contribution >= 4 is 40.6 Å². The summed E-state index contributed by atoms with van der Waals surface area (Å²) in [5, 5.41) is 3.81. The number of ketones is 1. The van der Waals surface area contributed by atoms with Crippen molar-refractivity contribution in [3.8, 4) is 0 Å². The molecule has 2 aromatic carbocycles. The van der Waals surface area contributed by atoms with Crippen LogP contribution < -0.4 is 10.2 Å². The molecule has 6 heteroatoms. The van der Waals surface area contributed by atoms with Crippen LogP contribution in [-0.2, 0) is 11.3 Å². The van der Waals surface area contributed by atoms with E-state index in [1.54, 1.807) is 36.4 Å². The van der Waals surface area contributed by atoms with Gasteiger partial charge in [-0.1, -0.05) is 41.4 Å². The highest BCUT2D eigenvalue weighted by Gasteiger charge is 2.14. The van der Waals surface area contributed by atoms with Gasteiger partial charge in [0.1, 0.15) is 6.54 Å². The number of benzene rings is 2. The van der Waals surface area contributed by atoms with Crippen LogP contribution in [-0.4, -0.2) is 25.3 Å². The molecular formula is C18H19Cl2N2O2+. The number of carbonyl (C=O) groups is 2. The van der Waals surface area contributed by atoms with Gasteiger partial charge in [-0.15, -0.1) is 0 Å². The molecule has 0 saturated carbocycles. The highest BCUT2D eigenvalue weighted by atomic mass is 35.5. The lowest BCUT2D eigenvalue weighted by atomic mass is 10.1. The summed E-state index contributed by atoms with van der Waals surface area (Å²) in [6.07, 6.45) is 0. The van der Waals surface area contributed by atoms with Crippen LogP contribution in [0.25, 0.3) is 0 Å². The van der Waals surface area contributed by atoms with E-state index in [1.807, 2.05) is 13.1 Å². The van der Waals surface area contributed by atoms with Crippen molar-refractivity contribution in [3.63, 3.8) is 0 Å². The molecule has 0 aromatic heterocycles. The van der Waals surface area contributed by atoms with Gasteiger partial charge in [-0.2, -0.15) is 0 Å². The zero-order valence-corrected chi connectivity index (χ0v) is 15.0. The number of likely N-dealkylation sites (N-methyl/N-ethyl adjacent to an activating group) is 1. The van der Waals surface area contributed by atoms with Gasteiger partial charge in [0.15, 0.2) is 12.3 Å². The Hall–Kier alpha value is -1.88. The first kappa shape index (κ1) is 18.5. The first-order chi connectivity index (χ1) is 11.4. The molecular weight excluding hydrogens is 347 g/mol. The highest BCUT2D eigenvalue weighted by Crippen LogP contribution is 2.22. The lowest BCUT2D eigenvalue weighted by molar-refractivity contribution is -0.885. The lowest BCUT2D eigenvalue weighted by Crippen LogP contribution is -3.08. The summed E-state index contributed by atoms with van der Waals surface area (Å²) in [6, 6.07) is 12.4. The third-order valence-electron chi connectivity index (χ3n) is 3.53. The Kier molecular flexibility index (Phi) is 6.37. The van der Waals surface area contributed by atoms with E-state index in [0.717, 1.165) is 10.5 Å². The maximum atomic E-state index is 12.2. The highest BCUT2D eigenvalue weighted by molar-refractivity contribution is 6.42. The third kappa shape index (κ3) is 5.06. The number of hydrogen-bond acceptors (Lipinski definition) is 2. The molecule has 0 aliphatic rings. The molecule has 4 nitrogen and oxygen atoms in total. The molecule has 0 saturated heterocycles. The Balaban J connectivity index is 1.97. The molecule has 0 radical (unpaired) electrons. The van der Waals surface area contributed by atoms with Crippen molar-refractivity contribution in [2.75, 3.05) is 18.9 Å². The van der Waals surface area contributed by atoms with E-state index < -0.39 is 0 Å². The van der Waals surface area contributed by atoms with Crippen molar-refractivity contribution in [3.05, 3.63) is 63.6 Å². The molecule has 0 aliphatic heterocycles. The van der Waals surface area contributed by atoms with E-state index in [2.05, 4.69) is 5.32 Å². The number of carbonyl (C=O) groups excluding carboxylic acids is 2. The second-order valence-electron chi connectivity index (χ2n) is 5.71. The maximum Gasteiger partial charge on any atom is 0.279 e. The first-order valence-electron chi connectivity index (χ1n) is 7.52. The van der Waals surface area contributed by atoms with E-state index in [9.17, 15) is 9.59 Å². The Bertz CT molecular complexity index is 762. The molecule has 24 heavy (non-hydrogen) atoms. The van der Waals surface area contributed by atoms with Gasteiger partial charge in [-0.25, -0.2) is 0 Å². The van der Waals surface area contributed by atoms with Crippen molar-refractivity contribution in [2.24, 2.45) is 0 Å². The summed E-state index contributed by atoms with van der Waals surface area (Å²) >= 11 is 11.9. The molecule has 0 bridgehead atoms. The van der Waals surface area contributed by atoms with Gasteiger partial charge in [0, 0.05) is 11.1 Å². The van der Waals surface area contributed by atoms with Gasteiger partial charge in [-0.3, -0.25) is 9.59 Å². The normalized spacial score (nSPS) is 11.8. The molecule has 0 spiro atoms. The number of hydrogen-bond donors (Lipinski definition) is 2. The average molecular weight is 366 g/mol. The van der Waals surface area contributed by atoms with Crippen LogP contribution in [0.5, 0.6) is 0 Å². The molecule has 0 aliphatic carbocycles. The van der Waals surface area contributed by atoms with Crippen molar-refractivity contribution in [1.82, 2.24) is 0 Å². The molecule has 2 N–H and O–H groups in total. The van der Waals surface area contributed by atoms with Crippen LogP contribution in [0.3, 0.4) is 0 Å². The molecule has 0 heterocycles. The molecule has 1 unspecified atom stereocenters. The Morgan fingerprint density at radius 2 is 1.79 bits per heavy atom. The van der Waals surface area contributed by atoms with Crippen LogP contribution >= 0.6 is 23.2 Å². The van der Waals surface area contributed by atoms with Gasteiger partial charge in [0.2, 0.25) is 0 Å². The molecule has 1 atom stereocenters.